The van der Waals surface area contributed by atoms with Crippen LogP contribution in [0.4, 0.5) is 13.2 Å². The molecule has 15 heavy (non-hydrogen) atoms. The van der Waals surface area contributed by atoms with Gasteiger partial charge in [0.1, 0.15) is 5.82 Å². The third-order valence-electron chi connectivity index (χ3n) is 2.20. The van der Waals surface area contributed by atoms with Crippen LogP contribution in [0.3, 0.4) is 0 Å². The average molecular weight is 216 g/mol. The lowest BCUT2D eigenvalue weighted by Gasteiger charge is -2.08. The quantitative estimate of drug-likeness (QED) is 0.706. The molecule has 0 saturated carbocycles. The standard InChI is InChI=1S/C11H11F3O/c1-3-7-4-8(6(2)15)5-9(10(7)12)11(13)14/h4-5,11H,3H2,1-2H3. The highest BCUT2D eigenvalue weighted by molar-refractivity contribution is 5.94. The SMILES string of the molecule is CCc1cc(C(C)=O)cc(C(F)F)c1F. The van der Waals surface area contributed by atoms with Crippen LogP contribution in [-0.2, 0) is 6.42 Å². The molecule has 0 spiro atoms. The van der Waals surface area contributed by atoms with Crippen LogP contribution in [0.5, 0.6) is 0 Å². The summed E-state index contributed by atoms with van der Waals surface area (Å²) in [5.74, 6) is -1.25. The molecule has 1 aromatic rings. The summed E-state index contributed by atoms with van der Waals surface area (Å²) in [6.07, 6.45) is -2.61. The Morgan fingerprint density at radius 3 is 2.40 bits per heavy atom. The molecule has 0 unspecified atom stereocenters. The van der Waals surface area contributed by atoms with Crippen LogP contribution in [-0.4, -0.2) is 5.78 Å². The van der Waals surface area contributed by atoms with Gasteiger partial charge in [-0.2, -0.15) is 0 Å². The maximum atomic E-state index is 13.4. The van der Waals surface area contributed by atoms with Crippen molar-refractivity contribution in [2.24, 2.45) is 0 Å². The molecule has 0 fully saturated rings. The van der Waals surface area contributed by atoms with Gasteiger partial charge in [0, 0.05) is 5.56 Å². The lowest BCUT2D eigenvalue weighted by molar-refractivity contribution is 0.101. The highest BCUT2D eigenvalue weighted by Crippen LogP contribution is 2.26. The van der Waals surface area contributed by atoms with Gasteiger partial charge in [0.25, 0.3) is 6.43 Å². The molecule has 1 aromatic carbocycles. The Hall–Kier alpha value is -1.32. The minimum absolute atomic E-state index is 0.128. The number of rotatable bonds is 3. The van der Waals surface area contributed by atoms with Gasteiger partial charge in [0.2, 0.25) is 0 Å². The van der Waals surface area contributed by atoms with Crippen LogP contribution in [0, 0.1) is 5.82 Å². The number of hydrogen-bond donors (Lipinski definition) is 0. The van der Waals surface area contributed by atoms with Crippen molar-refractivity contribution >= 4 is 5.78 Å². The zero-order valence-electron chi connectivity index (χ0n) is 8.48. The molecule has 1 rings (SSSR count). The molecule has 0 amide bonds. The van der Waals surface area contributed by atoms with Crippen molar-refractivity contribution < 1.29 is 18.0 Å². The lowest BCUT2D eigenvalue weighted by Crippen LogP contribution is -2.02. The molecule has 0 N–H and O–H groups in total. The van der Waals surface area contributed by atoms with E-state index in [0.717, 1.165) is 6.07 Å². The van der Waals surface area contributed by atoms with Crippen LogP contribution in [0.2, 0.25) is 0 Å². The topological polar surface area (TPSA) is 17.1 Å². The summed E-state index contributed by atoms with van der Waals surface area (Å²) in [7, 11) is 0. The third-order valence-corrected chi connectivity index (χ3v) is 2.20. The van der Waals surface area contributed by atoms with Gasteiger partial charge in [-0.1, -0.05) is 6.92 Å². The summed E-state index contributed by atoms with van der Waals surface area (Å²) < 4.78 is 38.2. The normalized spacial score (nSPS) is 10.8. The van der Waals surface area contributed by atoms with Gasteiger partial charge >= 0.3 is 0 Å². The number of benzene rings is 1. The Morgan fingerprint density at radius 1 is 1.40 bits per heavy atom. The van der Waals surface area contributed by atoms with E-state index in [1.807, 2.05) is 0 Å². The first kappa shape index (κ1) is 11.8. The van der Waals surface area contributed by atoms with Gasteiger partial charge in [0.15, 0.2) is 5.78 Å². The van der Waals surface area contributed by atoms with Crippen molar-refractivity contribution in [1.82, 2.24) is 0 Å². The maximum Gasteiger partial charge on any atom is 0.266 e. The fourth-order valence-electron chi connectivity index (χ4n) is 1.33. The van der Waals surface area contributed by atoms with Crippen LogP contribution >= 0.6 is 0 Å². The van der Waals surface area contributed by atoms with E-state index in [4.69, 9.17) is 0 Å². The molecular formula is C11H11F3O. The van der Waals surface area contributed by atoms with Gasteiger partial charge in [-0.15, -0.1) is 0 Å². The maximum absolute atomic E-state index is 13.4. The molecule has 0 saturated heterocycles. The Balaban J connectivity index is 3.38. The molecule has 1 nitrogen and oxygen atoms in total. The summed E-state index contributed by atoms with van der Waals surface area (Å²) in [5.41, 5.74) is -0.416. The number of alkyl halides is 2. The molecule has 82 valence electrons. The van der Waals surface area contributed by atoms with E-state index in [0.29, 0.717) is 0 Å². The third kappa shape index (κ3) is 2.37. The number of carbonyl (C=O) groups is 1. The van der Waals surface area contributed by atoms with E-state index in [9.17, 15) is 18.0 Å². The molecule has 0 aromatic heterocycles. The monoisotopic (exact) mass is 216 g/mol. The summed E-state index contributed by atoms with van der Waals surface area (Å²) in [4.78, 5) is 11.0. The highest BCUT2D eigenvalue weighted by atomic mass is 19.3. The summed E-state index contributed by atoms with van der Waals surface area (Å²) in [6.45, 7) is 2.92. The smallest absolute Gasteiger partial charge is 0.266 e. The van der Waals surface area contributed by atoms with Crippen LogP contribution in [0.25, 0.3) is 0 Å². The second-order valence-corrected chi connectivity index (χ2v) is 3.25. The molecular weight excluding hydrogens is 205 g/mol. The highest BCUT2D eigenvalue weighted by Gasteiger charge is 2.18. The van der Waals surface area contributed by atoms with Crippen LogP contribution in [0.1, 0.15) is 41.8 Å². The molecule has 0 aliphatic heterocycles. The van der Waals surface area contributed by atoms with Crippen LogP contribution in [0.15, 0.2) is 12.1 Å². The Labute approximate surface area is 85.9 Å². The van der Waals surface area contributed by atoms with E-state index in [2.05, 4.69) is 0 Å². The first-order valence-electron chi connectivity index (χ1n) is 4.58. The van der Waals surface area contributed by atoms with Gasteiger partial charge in [-0.05, 0) is 31.0 Å². The minimum Gasteiger partial charge on any atom is -0.295 e. The Morgan fingerprint density at radius 2 is 2.00 bits per heavy atom. The molecule has 0 heterocycles. The van der Waals surface area contributed by atoms with Gasteiger partial charge in [-0.25, -0.2) is 13.2 Å². The minimum atomic E-state index is -2.89. The van der Waals surface area contributed by atoms with E-state index < -0.39 is 17.8 Å². The molecule has 0 aliphatic rings. The predicted octanol–water partition coefficient (Wildman–Crippen LogP) is 3.53. The van der Waals surface area contributed by atoms with E-state index in [-0.39, 0.29) is 23.3 Å². The molecule has 0 radical (unpaired) electrons. The Bertz CT molecular complexity index is 386. The first-order chi connectivity index (χ1) is 6.97. The number of Topliss-reactive ketones (excluding diaryl/α,β-unsaturated/α-hetero) is 1. The van der Waals surface area contributed by atoms with Crippen molar-refractivity contribution in [1.29, 1.82) is 0 Å². The summed E-state index contributed by atoms with van der Waals surface area (Å²) in [6, 6.07) is 2.24. The number of carbonyl (C=O) groups excluding carboxylic acids is 1. The summed E-state index contributed by atoms with van der Waals surface area (Å²) >= 11 is 0. The van der Waals surface area contributed by atoms with Crippen molar-refractivity contribution in [3.8, 4) is 0 Å². The number of hydrogen-bond acceptors (Lipinski definition) is 1. The first-order valence-corrected chi connectivity index (χ1v) is 4.58. The number of halogens is 3. The summed E-state index contributed by atoms with van der Waals surface area (Å²) in [5, 5.41) is 0. The second kappa shape index (κ2) is 4.47. The van der Waals surface area contributed by atoms with Crippen molar-refractivity contribution in [3.05, 3.63) is 34.6 Å². The van der Waals surface area contributed by atoms with Gasteiger partial charge < -0.3 is 0 Å². The van der Waals surface area contributed by atoms with Crippen LogP contribution < -0.4 is 0 Å². The zero-order chi connectivity index (χ0) is 11.6. The number of ketones is 1. The lowest BCUT2D eigenvalue weighted by atomic mass is 10.0. The van der Waals surface area contributed by atoms with Crippen molar-refractivity contribution in [3.63, 3.8) is 0 Å². The molecule has 0 aliphatic carbocycles. The van der Waals surface area contributed by atoms with Gasteiger partial charge in [0.05, 0.1) is 5.56 Å². The number of aryl methyl sites for hydroxylation is 1. The average Bonchev–Trinajstić information content (AvgIpc) is 2.17. The molecule has 0 bridgehead atoms. The van der Waals surface area contributed by atoms with Crippen molar-refractivity contribution in [2.45, 2.75) is 26.7 Å². The fraction of sp³-hybridized carbons (Fsp3) is 0.364. The van der Waals surface area contributed by atoms with E-state index in [1.54, 1.807) is 6.92 Å². The van der Waals surface area contributed by atoms with E-state index >= 15 is 0 Å². The Kier molecular flexibility index (Phi) is 3.50. The van der Waals surface area contributed by atoms with Crippen molar-refractivity contribution in [2.75, 3.05) is 0 Å². The zero-order valence-corrected chi connectivity index (χ0v) is 8.48. The second-order valence-electron chi connectivity index (χ2n) is 3.25. The van der Waals surface area contributed by atoms with Gasteiger partial charge in [-0.3, -0.25) is 4.79 Å². The largest absolute Gasteiger partial charge is 0.295 e. The fourth-order valence-corrected chi connectivity index (χ4v) is 1.33. The molecule has 0 atom stereocenters. The van der Waals surface area contributed by atoms with E-state index in [1.165, 1.54) is 13.0 Å². The molecule has 4 heteroatoms. The predicted molar refractivity (Wildman–Crippen MR) is 50.7 cm³/mol.